The predicted octanol–water partition coefficient (Wildman–Crippen LogP) is 1.52. The topological polar surface area (TPSA) is 72.0 Å². The van der Waals surface area contributed by atoms with Crippen LogP contribution in [0.1, 0.15) is 26.7 Å². The number of nitrogens with zero attached hydrogens (tertiary/aromatic N) is 3. The highest BCUT2D eigenvalue weighted by atomic mass is 16.5. The lowest BCUT2D eigenvalue weighted by molar-refractivity contribution is 0.312. The third kappa shape index (κ3) is 3.88. The minimum atomic E-state index is 0.348. The first-order valence-electron chi connectivity index (χ1n) is 5.60. The Morgan fingerprint density at radius 3 is 2.50 bits per heavy atom. The Kier molecular flexibility index (Phi) is 5.31. The second-order valence-corrected chi connectivity index (χ2v) is 3.23. The molecule has 2 N–H and O–H groups in total. The fourth-order valence-corrected chi connectivity index (χ4v) is 1.12. The highest BCUT2D eigenvalue weighted by Crippen LogP contribution is 2.10. The van der Waals surface area contributed by atoms with Crippen molar-refractivity contribution in [2.24, 2.45) is 0 Å². The van der Waals surface area contributed by atoms with Crippen molar-refractivity contribution >= 4 is 11.9 Å². The molecule has 0 saturated carbocycles. The molecular formula is C10H19N5O. The molecule has 6 heteroatoms. The molecule has 0 atom stereocenters. The summed E-state index contributed by atoms with van der Waals surface area (Å²) in [4.78, 5) is 12.4. The van der Waals surface area contributed by atoms with Gasteiger partial charge < -0.3 is 15.4 Å². The van der Waals surface area contributed by atoms with Crippen LogP contribution in [0.25, 0.3) is 0 Å². The van der Waals surface area contributed by atoms with Crippen molar-refractivity contribution in [2.45, 2.75) is 26.7 Å². The Labute approximate surface area is 95.9 Å². The van der Waals surface area contributed by atoms with Gasteiger partial charge in [-0.2, -0.15) is 15.0 Å². The van der Waals surface area contributed by atoms with E-state index in [0.717, 1.165) is 19.4 Å². The van der Waals surface area contributed by atoms with Crippen molar-refractivity contribution in [3.63, 3.8) is 0 Å². The fourth-order valence-electron chi connectivity index (χ4n) is 1.12. The van der Waals surface area contributed by atoms with Crippen LogP contribution in [0.3, 0.4) is 0 Å². The van der Waals surface area contributed by atoms with Gasteiger partial charge in [0, 0.05) is 13.6 Å². The zero-order valence-electron chi connectivity index (χ0n) is 10.1. The number of nitrogens with one attached hydrogen (secondary N) is 2. The largest absolute Gasteiger partial charge is 0.464 e. The summed E-state index contributed by atoms with van der Waals surface area (Å²) < 4.78 is 5.25. The van der Waals surface area contributed by atoms with Crippen molar-refractivity contribution in [3.8, 4) is 6.01 Å². The molecule has 0 amide bonds. The van der Waals surface area contributed by atoms with Crippen molar-refractivity contribution in [1.29, 1.82) is 0 Å². The van der Waals surface area contributed by atoms with Crippen molar-refractivity contribution < 1.29 is 4.74 Å². The van der Waals surface area contributed by atoms with Crippen LogP contribution in [-0.2, 0) is 0 Å². The van der Waals surface area contributed by atoms with Crippen LogP contribution >= 0.6 is 0 Å². The van der Waals surface area contributed by atoms with Gasteiger partial charge in [0.15, 0.2) is 0 Å². The molecule has 0 bridgehead atoms. The molecule has 1 aromatic rings. The summed E-state index contributed by atoms with van der Waals surface area (Å²) in [6, 6.07) is 0.348. The summed E-state index contributed by atoms with van der Waals surface area (Å²) in [6.45, 7) is 5.43. The quantitative estimate of drug-likeness (QED) is 0.686. The maximum Gasteiger partial charge on any atom is 0.323 e. The smallest absolute Gasteiger partial charge is 0.323 e. The third-order valence-electron chi connectivity index (χ3n) is 1.93. The fraction of sp³-hybridized carbons (Fsp3) is 0.700. The zero-order chi connectivity index (χ0) is 11.8. The average molecular weight is 225 g/mol. The minimum Gasteiger partial charge on any atom is -0.464 e. The van der Waals surface area contributed by atoms with Crippen molar-refractivity contribution in [2.75, 3.05) is 30.8 Å². The number of anilines is 2. The second-order valence-electron chi connectivity index (χ2n) is 3.23. The Balaban J connectivity index is 2.69. The second kappa shape index (κ2) is 6.81. The Morgan fingerprint density at radius 2 is 1.88 bits per heavy atom. The van der Waals surface area contributed by atoms with Crippen LogP contribution < -0.4 is 15.4 Å². The van der Waals surface area contributed by atoms with E-state index in [1.807, 2.05) is 6.92 Å². The maximum absolute atomic E-state index is 5.25. The predicted molar refractivity (Wildman–Crippen MR) is 63.9 cm³/mol. The number of rotatable bonds is 7. The normalized spacial score (nSPS) is 9.94. The molecule has 0 aliphatic heterocycles. The number of hydrogen-bond acceptors (Lipinski definition) is 6. The van der Waals surface area contributed by atoms with Crippen LogP contribution in [0, 0.1) is 0 Å². The Bertz CT molecular complexity index is 318. The van der Waals surface area contributed by atoms with E-state index in [0.29, 0.717) is 24.5 Å². The van der Waals surface area contributed by atoms with Gasteiger partial charge >= 0.3 is 6.01 Å². The molecule has 1 aromatic heterocycles. The standard InChI is InChI=1S/C10H19N5O/c1-4-6-7-12-9-13-8(11-3)14-10(15-9)16-5-2/h4-7H2,1-3H3,(H2,11,12,13,14,15). The molecule has 16 heavy (non-hydrogen) atoms. The van der Waals surface area contributed by atoms with Crippen molar-refractivity contribution in [3.05, 3.63) is 0 Å². The van der Waals surface area contributed by atoms with Crippen LogP contribution in [0.4, 0.5) is 11.9 Å². The van der Waals surface area contributed by atoms with E-state index in [4.69, 9.17) is 4.74 Å². The first-order valence-corrected chi connectivity index (χ1v) is 5.60. The van der Waals surface area contributed by atoms with E-state index in [-0.39, 0.29) is 0 Å². The van der Waals surface area contributed by atoms with E-state index >= 15 is 0 Å². The van der Waals surface area contributed by atoms with Crippen molar-refractivity contribution in [1.82, 2.24) is 15.0 Å². The van der Waals surface area contributed by atoms with E-state index in [9.17, 15) is 0 Å². The molecule has 90 valence electrons. The highest BCUT2D eigenvalue weighted by molar-refractivity contribution is 5.35. The van der Waals surface area contributed by atoms with Gasteiger partial charge in [0.1, 0.15) is 0 Å². The van der Waals surface area contributed by atoms with Gasteiger partial charge in [-0.25, -0.2) is 0 Å². The van der Waals surface area contributed by atoms with Gasteiger partial charge in [-0.05, 0) is 13.3 Å². The lowest BCUT2D eigenvalue weighted by Gasteiger charge is -2.07. The molecule has 0 spiro atoms. The van der Waals surface area contributed by atoms with Crippen LogP contribution in [0.15, 0.2) is 0 Å². The number of aromatic nitrogens is 3. The van der Waals surface area contributed by atoms with Gasteiger partial charge in [0.05, 0.1) is 6.61 Å². The van der Waals surface area contributed by atoms with Gasteiger partial charge in [0.25, 0.3) is 0 Å². The molecule has 0 unspecified atom stereocenters. The highest BCUT2D eigenvalue weighted by Gasteiger charge is 2.05. The summed E-state index contributed by atoms with van der Waals surface area (Å²) in [5.74, 6) is 1.06. The lowest BCUT2D eigenvalue weighted by atomic mass is 10.3. The molecule has 0 aliphatic rings. The molecule has 0 aliphatic carbocycles. The Morgan fingerprint density at radius 1 is 1.12 bits per heavy atom. The first-order chi connectivity index (χ1) is 7.80. The van der Waals surface area contributed by atoms with Gasteiger partial charge in [0.2, 0.25) is 11.9 Å². The van der Waals surface area contributed by atoms with Crippen LogP contribution in [0.5, 0.6) is 6.01 Å². The van der Waals surface area contributed by atoms with Gasteiger partial charge in [-0.3, -0.25) is 0 Å². The Hall–Kier alpha value is -1.59. The van der Waals surface area contributed by atoms with E-state index < -0.39 is 0 Å². The number of ether oxygens (including phenoxy) is 1. The van der Waals surface area contributed by atoms with E-state index in [1.54, 1.807) is 7.05 Å². The summed E-state index contributed by atoms with van der Waals surface area (Å²) in [5.41, 5.74) is 0. The summed E-state index contributed by atoms with van der Waals surface area (Å²) >= 11 is 0. The molecule has 6 nitrogen and oxygen atoms in total. The number of unbranched alkanes of at least 4 members (excludes halogenated alkanes) is 1. The minimum absolute atomic E-state index is 0.348. The molecule has 1 heterocycles. The third-order valence-corrected chi connectivity index (χ3v) is 1.93. The monoisotopic (exact) mass is 225 g/mol. The van der Waals surface area contributed by atoms with Crippen LogP contribution in [0.2, 0.25) is 0 Å². The van der Waals surface area contributed by atoms with Gasteiger partial charge in [-0.15, -0.1) is 0 Å². The maximum atomic E-state index is 5.25. The van der Waals surface area contributed by atoms with Gasteiger partial charge in [-0.1, -0.05) is 13.3 Å². The molecule has 0 fully saturated rings. The summed E-state index contributed by atoms with van der Waals surface area (Å²) in [7, 11) is 1.76. The summed E-state index contributed by atoms with van der Waals surface area (Å²) in [6.07, 6.45) is 2.22. The number of hydrogen-bond donors (Lipinski definition) is 2. The van der Waals surface area contributed by atoms with E-state index in [2.05, 4.69) is 32.5 Å². The zero-order valence-corrected chi connectivity index (χ0v) is 10.1. The molecule has 1 rings (SSSR count). The van der Waals surface area contributed by atoms with Crippen LogP contribution in [-0.4, -0.2) is 35.2 Å². The molecule has 0 radical (unpaired) electrons. The SMILES string of the molecule is CCCCNc1nc(NC)nc(OCC)n1. The molecular weight excluding hydrogens is 206 g/mol. The average Bonchev–Trinajstić information content (AvgIpc) is 2.29. The lowest BCUT2D eigenvalue weighted by Crippen LogP contribution is -2.10. The molecule has 0 aromatic carbocycles. The first kappa shape index (κ1) is 12.5. The molecule has 0 saturated heterocycles. The summed E-state index contributed by atoms with van der Waals surface area (Å²) in [5, 5.41) is 6.01. The van der Waals surface area contributed by atoms with E-state index in [1.165, 1.54) is 0 Å².